The molecule has 4 heteroatoms. The third-order valence-electron chi connectivity index (χ3n) is 2.72. The molecule has 17 heavy (non-hydrogen) atoms. The number of para-hydroxylation sites is 1. The van der Waals surface area contributed by atoms with E-state index in [4.69, 9.17) is 0 Å². The minimum absolute atomic E-state index is 0.400. The molecule has 0 saturated carbocycles. The molecule has 1 heterocycles. The molecule has 0 radical (unpaired) electrons. The normalized spacial score (nSPS) is 10.8. The summed E-state index contributed by atoms with van der Waals surface area (Å²) >= 11 is 0. The third-order valence-corrected chi connectivity index (χ3v) is 2.72. The van der Waals surface area contributed by atoms with E-state index in [2.05, 4.69) is 4.98 Å². The molecule has 0 bridgehead atoms. The van der Waals surface area contributed by atoms with E-state index >= 15 is 0 Å². The molecule has 2 N–H and O–H groups in total. The van der Waals surface area contributed by atoms with Gasteiger partial charge in [0.05, 0.1) is 5.52 Å². The first-order valence-corrected chi connectivity index (χ1v) is 5.22. The molecule has 0 saturated heterocycles. The lowest BCUT2D eigenvalue weighted by Gasteiger charge is -2.04. The smallest absolute Gasteiger partial charge is 0.328 e. The number of hydrogen-bond donors (Lipinski definition) is 2. The highest BCUT2D eigenvalue weighted by molar-refractivity contribution is 5.92. The Labute approximate surface area is 97.4 Å². The van der Waals surface area contributed by atoms with Crippen LogP contribution in [0.15, 0.2) is 48.5 Å². The van der Waals surface area contributed by atoms with E-state index in [0.717, 1.165) is 11.1 Å². The quantitative estimate of drug-likeness (QED) is 0.627. The van der Waals surface area contributed by atoms with Crippen LogP contribution in [0.4, 0.5) is 0 Å². The van der Waals surface area contributed by atoms with Crippen LogP contribution in [-0.2, 0) is 0 Å². The minimum atomic E-state index is -0.400. The van der Waals surface area contributed by atoms with Gasteiger partial charge in [-0.25, -0.2) is 0 Å². The van der Waals surface area contributed by atoms with Crippen molar-refractivity contribution in [3.05, 3.63) is 48.5 Å². The minimum Gasteiger partial charge on any atom is -0.478 e. The zero-order valence-electron chi connectivity index (χ0n) is 8.91. The number of rotatable bonds is 1. The van der Waals surface area contributed by atoms with Crippen LogP contribution in [0, 0.1) is 0 Å². The predicted molar refractivity (Wildman–Crippen MR) is 64.0 cm³/mol. The fraction of sp³-hybridized carbons (Fsp3) is 0. The number of hydrogen-bond acceptors (Lipinski definition) is 3. The van der Waals surface area contributed by atoms with Gasteiger partial charge >= 0.3 is 6.01 Å². The van der Waals surface area contributed by atoms with Crippen LogP contribution in [-0.4, -0.2) is 20.0 Å². The van der Waals surface area contributed by atoms with Crippen molar-refractivity contribution in [2.45, 2.75) is 0 Å². The van der Waals surface area contributed by atoms with Crippen molar-refractivity contribution in [1.82, 2.24) is 9.71 Å². The van der Waals surface area contributed by atoms with Crippen LogP contribution in [0.1, 0.15) is 0 Å². The molecule has 0 spiro atoms. The highest BCUT2D eigenvalue weighted by atomic mass is 16.5. The lowest BCUT2D eigenvalue weighted by atomic mass is 10.0. The monoisotopic (exact) mass is 226 g/mol. The molecule has 0 atom stereocenters. The molecule has 0 aliphatic rings. The van der Waals surface area contributed by atoms with E-state index in [1.807, 2.05) is 42.5 Å². The Morgan fingerprint density at radius 1 is 0.941 bits per heavy atom. The van der Waals surface area contributed by atoms with Gasteiger partial charge in [-0.15, -0.1) is 4.73 Å². The Balaban J connectivity index is 2.37. The average Bonchev–Trinajstić information content (AvgIpc) is 2.66. The van der Waals surface area contributed by atoms with Crippen LogP contribution in [0.2, 0.25) is 0 Å². The average molecular weight is 226 g/mol. The van der Waals surface area contributed by atoms with Gasteiger partial charge in [0.15, 0.2) is 0 Å². The summed E-state index contributed by atoms with van der Waals surface area (Å²) < 4.78 is 0.706. The maximum absolute atomic E-state index is 9.74. The van der Waals surface area contributed by atoms with Gasteiger partial charge in [-0.05, 0) is 11.6 Å². The highest BCUT2D eigenvalue weighted by Gasteiger charge is 2.13. The molecule has 3 rings (SSSR count). The van der Waals surface area contributed by atoms with Gasteiger partial charge in [0.2, 0.25) is 0 Å². The molecule has 0 aliphatic carbocycles. The van der Waals surface area contributed by atoms with Crippen LogP contribution in [0.25, 0.3) is 22.2 Å². The second kappa shape index (κ2) is 3.52. The van der Waals surface area contributed by atoms with Gasteiger partial charge in [0, 0.05) is 5.56 Å². The van der Waals surface area contributed by atoms with Gasteiger partial charge in [-0.1, -0.05) is 42.5 Å². The summed E-state index contributed by atoms with van der Waals surface area (Å²) in [7, 11) is 0. The van der Waals surface area contributed by atoms with Crippen molar-refractivity contribution < 1.29 is 10.3 Å². The first-order valence-electron chi connectivity index (χ1n) is 5.22. The van der Waals surface area contributed by atoms with Gasteiger partial charge in [-0.3, -0.25) is 0 Å². The van der Waals surface area contributed by atoms with Crippen molar-refractivity contribution in [3.63, 3.8) is 0 Å². The van der Waals surface area contributed by atoms with Crippen molar-refractivity contribution in [3.8, 4) is 17.1 Å². The van der Waals surface area contributed by atoms with Crippen LogP contribution < -0.4 is 0 Å². The SMILES string of the molecule is Oc1nc2cccc(-c3ccccc3)c2n1O. The van der Waals surface area contributed by atoms with Crippen molar-refractivity contribution in [1.29, 1.82) is 0 Å². The maximum atomic E-state index is 9.74. The summed E-state index contributed by atoms with van der Waals surface area (Å²) in [6.45, 7) is 0. The number of benzene rings is 2. The Hall–Kier alpha value is -2.49. The summed E-state index contributed by atoms with van der Waals surface area (Å²) in [4.78, 5) is 3.87. The standard InChI is InChI=1S/C13H10N2O2/c16-13-14-11-8-4-7-10(12(11)15(13)17)9-5-2-1-3-6-9/h1-8,17H,(H,14,16). The van der Waals surface area contributed by atoms with Crippen LogP contribution in [0.5, 0.6) is 6.01 Å². The molecule has 0 fully saturated rings. The number of nitrogens with zero attached hydrogens (tertiary/aromatic N) is 2. The summed E-state index contributed by atoms with van der Waals surface area (Å²) in [6, 6.07) is 14.7. The number of aromatic nitrogens is 2. The first-order chi connectivity index (χ1) is 8.27. The lowest BCUT2D eigenvalue weighted by molar-refractivity contribution is 0.163. The summed E-state index contributed by atoms with van der Waals surface area (Å²) in [5.41, 5.74) is 2.87. The van der Waals surface area contributed by atoms with E-state index in [0.29, 0.717) is 15.8 Å². The van der Waals surface area contributed by atoms with Crippen molar-refractivity contribution in [2.75, 3.05) is 0 Å². The lowest BCUT2D eigenvalue weighted by Crippen LogP contribution is -1.90. The predicted octanol–water partition coefficient (Wildman–Crippen LogP) is 2.65. The summed E-state index contributed by atoms with van der Waals surface area (Å²) in [6.07, 6.45) is 0. The fourth-order valence-corrected chi connectivity index (χ4v) is 1.95. The molecule has 0 amide bonds. The van der Waals surface area contributed by atoms with Crippen molar-refractivity contribution >= 4 is 11.0 Å². The van der Waals surface area contributed by atoms with Crippen molar-refractivity contribution in [2.24, 2.45) is 0 Å². The Morgan fingerprint density at radius 2 is 1.71 bits per heavy atom. The van der Waals surface area contributed by atoms with Gasteiger partial charge in [0.1, 0.15) is 5.52 Å². The largest absolute Gasteiger partial charge is 0.478 e. The molecule has 1 aromatic heterocycles. The van der Waals surface area contributed by atoms with Crippen LogP contribution in [0.3, 0.4) is 0 Å². The van der Waals surface area contributed by atoms with Gasteiger partial charge in [0.25, 0.3) is 0 Å². The second-order valence-corrected chi connectivity index (χ2v) is 3.76. The topological polar surface area (TPSA) is 58.3 Å². The van der Waals surface area contributed by atoms with E-state index in [1.165, 1.54) is 0 Å². The fourth-order valence-electron chi connectivity index (χ4n) is 1.95. The van der Waals surface area contributed by atoms with E-state index in [9.17, 15) is 10.3 Å². The molecule has 84 valence electrons. The molecule has 2 aromatic carbocycles. The molecular formula is C13H10N2O2. The Bertz CT molecular complexity index is 674. The molecular weight excluding hydrogens is 216 g/mol. The van der Waals surface area contributed by atoms with Crippen LogP contribution >= 0.6 is 0 Å². The van der Waals surface area contributed by atoms with E-state index < -0.39 is 6.01 Å². The Kier molecular flexibility index (Phi) is 2.01. The van der Waals surface area contributed by atoms with Gasteiger partial charge in [-0.2, -0.15) is 4.98 Å². The zero-order chi connectivity index (χ0) is 11.8. The summed E-state index contributed by atoms with van der Waals surface area (Å²) in [5, 5.41) is 19.2. The second-order valence-electron chi connectivity index (χ2n) is 3.76. The molecule has 0 unspecified atom stereocenters. The highest BCUT2D eigenvalue weighted by Crippen LogP contribution is 2.29. The van der Waals surface area contributed by atoms with Gasteiger partial charge < -0.3 is 10.3 Å². The third kappa shape index (κ3) is 1.42. The zero-order valence-corrected chi connectivity index (χ0v) is 8.91. The van der Waals surface area contributed by atoms with E-state index in [1.54, 1.807) is 6.07 Å². The maximum Gasteiger partial charge on any atom is 0.328 e. The Morgan fingerprint density at radius 3 is 2.47 bits per heavy atom. The molecule has 3 aromatic rings. The first kappa shape index (κ1) is 9.72. The molecule has 4 nitrogen and oxygen atoms in total. The summed E-state index contributed by atoms with van der Waals surface area (Å²) in [5.74, 6) is 0. The molecule has 0 aliphatic heterocycles. The number of imidazole rings is 1. The van der Waals surface area contributed by atoms with E-state index in [-0.39, 0.29) is 0 Å². The number of aromatic hydroxyl groups is 1. The number of fused-ring (bicyclic) bond motifs is 1.